The van der Waals surface area contributed by atoms with Gasteiger partial charge < -0.3 is 0 Å². The molecule has 0 unspecified atom stereocenters. The van der Waals surface area contributed by atoms with E-state index in [1.54, 1.807) is 6.08 Å². The SMILES string of the molecule is CC=[C](C(C)=O)[V]1[O][O]1. The van der Waals surface area contributed by atoms with Gasteiger partial charge in [0.2, 0.25) is 0 Å². The van der Waals surface area contributed by atoms with Gasteiger partial charge in [-0.05, 0) is 0 Å². The van der Waals surface area contributed by atoms with E-state index < -0.39 is 15.9 Å². The molecule has 0 N–H and O–H groups in total. The van der Waals surface area contributed by atoms with Crippen LogP contribution in [0.3, 0.4) is 0 Å². The molecule has 0 aromatic heterocycles. The first-order valence-electron chi connectivity index (χ1n) is 2.58. The molecule has 3 nitrogen and oxygen atoms in total. The third-order valence-corrected chi connectivity index (χ3v) is 2.95. The second-order valence-electron chi connectivity index (χ2n) is 1.64. The number of carbonyl (C=O) groups excluding carboxylic acids is 1. The first-order valence-corrected chi connectivity index (χ1v) is 4.41. The van der Waals surface area contributed by atoms with Crippen molar-refractivity contribution in [2.24, 2.45) is 0 Å². The molecule has 1 saturated heterocycles. The Labute approximate surface area is 58.8 Å². The average molecular weight is 166 g/mol. The zero-order valence-corrected chi connectivity index (χ0v) is 6.65. The summed E-state index contributed by atoms with van der Waals surface area (Å²) in [6.07, 6.45) is 1.76. The third-order valence-electron chi connectivity index (χ3n) is 0.980. The second-order valence-corrected chi connectivity index (χ2v) is 3.66. The standard InChI is InChI=1S/C5H7O.O2.V/c1-3-4-5(2)6;1-2;/h3H,1-2H3;;/q;-2;+2. The van der Waals surface area contributed by atoms with Gasteiger partial charge in [0, 0.05) is 0 Å². The number of hydrogen-bond acceptors (Lipinski definition) is 3. The minimum absolute atomic E-state index is 0.0648. The molecular weight excluding hydrogens is 159 g/mol. The number of carbonyl (C=O) groups is 1. The van der Waals surface area contributed by atoms with E-state index in [1.807, 2.05) is 6.92 Å². The zero-order chi connectivity index (χ0) is 6.85. The average Bonchev–Trinajstić information content (AvgIpc) is 2.50. The second kappa shape index (κ2) is 2.67. The molecule has 0 radical (unpaired) electrons. The summed E-state index contributed by atoms with van der Waals surface area (Å²) in [7, 11) is 0. The molecule has 4 heteroatoms. The van der Waals surface area contributed by atoms with Crippen molar-refractivity contribution in [3.05, 3.63) is 10.4 Å². The van der Waals surface area contributed by atoms with E-state index >= 15 is 0 Å². The molecule has 0 saturated carbocycles. The van der Waals surface area contributed by atoms with Crippen LogP contribution in [-0.4, -0.2) is 5.78 Å². The van der Waals surface area contributed by atoms with Crippen LogP contribution in [-0.2, 0) is 28.3 Å². The van der Waals surface area contributed by atoms with E-state index in [2.05, 4.69) is 7.63 Å². The van der Waals surface area contributed by atoms with Crippen molar-refractivity contribution < 1.29 is 28.3 Å². The summed E-state index contributed by atoms with van der Waals surface area (Å²) in [5.74, 6) is 0.0648. The topological polar surface area (TPSA) is 42.1 Å². The van der Waals surface area contributed by atoms with Gasteiger partial charge in [-0.1, -0.05) is 0 Å². The Morgan fingerprint density at radius 2 is 2.11 bits per heavy atom. The molecule has 0 spiro atoms. The Bertz CT molecular complexity index is 160. The summed E-state index contributed by atoms with van der Waals surface area (Å²) in [5.41, 5.74) is 0. The van der Waals surface area contributed by atoms with Crippen molar-refractivity contribution in [2.45, 2.75) is 13.8 Å². The molecule has 0 aromatic carbocycles. The Hall–Kier alpha value is -0.0856. The van der Waals surface area contributed by atoms with Crippen LogP contribution in [0.15, 0.2) is 10.4 Å². The van der Waals surface area contributed by atoms with Crippen LogP contribution in [0.1, 0.15) is 13.8 Å². The van der Waals surface area contributed by atoms with Gasteiger partial charge in [0.05, 0.1) is 0 Å². The van der Waals surface area contributed by atoms with E-state index in [4.69, 9.17) is 0 Å². The van der Waals surface area contributed by atoms with Gasteiger partial charge in [-0.3, -0.25) is 0 Å². The predicted molar refractivity (Wildman–Crippen MR) is 26.6 cm³/mol. The molecule has 0 amide bonds. The Morgan fingerprint density at radius 3 is 2.22 bits per heavy atom. The number of allylic oxidation sites excluding steroid dienone is 2. The van der Waals surface area contributed by atoms with Crippen molar-refractivity contribution >= 4 is 5.78 Å². The molecule has 9 heavy (non-hydrogen) atoms. The summed E-state index contributed by atoms with van der Waals surface area (Å²) in [5, 5.41) is 0. The third kappa shape index (κ3) is 1.66. The first-order chi connectivity index (χ1) is 4.25. The predicted octanol–water partition coefficient (Wildman–Crippen LogP) is 0.889. The van der Waals surface area contributed by atoms with Gasteiger partial charge in [-0.15, -0.1) is 0 Å². The van der Waals surface area contributed by atoms with Crippen LogP contribution in [0.25, 0.3) is 0 Å². The molecule has 0 atom stereocenters. The van der Waals surface area contributed by atoms with Crippen LogP contribution in [0, 0.1) is 0 Å². The monoisotopic (exact) mass is 166 g/mol. The van der Waals surface area contributed by atoms with Crippen molar-refractivity contribution in [1.82, 2.24) is 0 Å². The Balaban J connectivity index is 2.59. The van der Waals surface area contributed by atoms with Gasteiger partial charge >= 0.3 is 58.3 Å². The molecule has 1 aliphatic rings. The normalized spacial score (nSPS) is 20.0. The minimum atomic E-state index is -1.64. The van der Waals surface area contributed by atoms with Crippen molar-refractivity contribution in [1.29, 1.82) is 0 Å². The molecule has 1 heterocycles. The van der Waals surface area contributed by atoms with E-state index in [0.717, 1.165) is 4.28 Å². The fraction of sp³-hybridized carbons (Fsp3) is 0.400. The summed E-state index contributed by atoms with van der Waals surface area (Å²) in [6, 6.07) is 0. The van der Waals surface area contributed by atoms with Gasteiger partial charge in [-0.2, -0.15) is 0 Å². The van der Waals surface area contributed by atoms with Gasteiger partial charge in [0.1, 0.15) is 0 Å². The van der Waals surface area contributed by atoms with E-state index in [1.165, 1.54) is 6.92 Å². The van der Waals surface area contributed by atoms with Crippen LogP contribution >= 0.6 is 0 Å². The molecular formula is C5H7O3V. The molecule has 0 aromatic rings. The molecule has 1 aliphatic heterocycles. The first kappa shape index (κ1) is 7.03. The van der Waals surface area contributed by atoms with Gasteiger partial charge in [-0.25, -0.2) is 0 Å². The molecule has 0 aliphatic carbocycles. The van der Waals surface area contributed by atoms with Crippen molar-refractivity contribution in [3.63, 3.8) is 0 Å². The number of ketones is 1. The van der Waals surface area contributed by atoms with Crippen LogP contribution in [0.4, 0.5) is 0 Å². The Morgan fingerprint density at radius 1 is 1.56 bits per heavy atom. The van der Waals surface area contributed by atoms with Crippen LogP contribution in [0.2, 0.25) is 0 Å². The number of hydrogen-bond donors (Lipinski definition) is 0. The maximum absolute atomic E-state index is 10.7. The fourth-order valence-electron chi connectivity index (χ4n) is 0.534. The summed E-state index contributed by atoms with van der Waals surface area (Å²) in [6.45, 7) is 3.34. The van der Waals surface area contributed by atoms with Gasteiger partial charge in [0.15, 0.2) is 0 Å². The summed E-state index contributed by atoms with van der Waals surface area (Å²) >= 11 is -1.64. The number of Topliss-reactive ketones (excluding diaryl/α,β-unsaturated/α-hetero) is 1. The molecule has 1 rings (SSSR count). The number of rotatable bonds is 2. The summed E-state index contributed by atoms with van der Waals surface area (Å²) < 4.78 is 9.90. The van der Waals surface area contributed by atoms with E-state index in [9.17, 15) is 4.79 Å². The van der Waals surface area contributed by atoms with Gasteiger partial charge in [0.25, 0.3) is 0 Å². The molecule has 1 fully saturated rings. The molecule has 50 valence electrons. The molecule has 0 bridgehead atoms. The fourth-order valence-corrected chi connectivity index (χ4v) is 1.78. The van der Waals surface area contributed by atoms with E-state index in [-0.39, 0.29) is 5.78 Å². The zero-order valence-electron chi connectivity index (χ0n) is 5.25. The Kier molecular flexibility index (Phi) is 2.08. The summed E-state index contributed by atoms with van der Waals surface area (Å²) in [4.78, 5) is 10.7. The van der Waals surface area contributed by atoms with Crippen LogP contribution in [0.5, 0.6) is 0 Å². The maximum atomic E-state index is 10.7. The quantitative estimate of drug-likeness (QED) is 0.347. The van der Waals surface area contributed by atoms with Crippen LogP contribution < -0.4 is 0 Å². The van der Waals surface area contributed by atoms with E-state index in [0.29, 0.717) is 0 Å². The van der Waals surface area contributed by atoms with Crippen molar-refractivity contribution in [2.75, 3.05) is 0 Å². The van der Waals surface area contributed by atoms with Crippen molar-refractivity contribution in [3.8, 4) is 0 Å².